The molecule has 0 aromatic heterocycles. The molecule has 120 valence electrons. The molecule has 0 aliphatic heterocycles. The van der Waals surface area contributed by atoms with Crippen LogP contribution >= 0.6 is 0 Å². The van der Waals surface area contributed by atoms with E-state index in [-0.39, 0.29) is 17.6 Å². The molecule has 2 aromatic carbocycles. The maximum atomic E-state index is 12.4. The minimum atomic E-state index is -0.00481. The minimum absolute atomic E-state index is 0.00481. The Labute approximate surface area is 136 Å². The van der Waals surface area contributed by atoms with Crippen LogP contribution in [0.5, 0.6) is 0 Å². The largest absolute Gasteiger partial charge is 0.294 e. The molecule has 22 heavy (non-hydrogen) atoms. The third-order valence-corrected chi connectivity index (χ3v) is 3.55. The Kier molecular flexibility index (Phi) is 10.7. The molecular weight excluding hydrogens is 268 g/mol. The summed E-state index contributed by atoms with van der Waals surface area (Å²) in [5.41, 5.74) is 2.02. The van der Waals surface area contributed by atoms with Crippen molar-refractivity contribution in [2.24, 2.45) is 5.92 Å². The summed E-state index contributed by atoms with van der Waals surface area (Å²) in [7, 11) is 0. The molecule has 0 bridgehead atoms. The molecule has 2 atom stereocenters. The monoisotopic (exact) mass is 298 g/mol. The van der Waals surface area contributed by atoms with Gasteiger partial charge < -0.3 is 0 Å². The Hall–Kier alpha value is -1.89. The molecular formula is C21H30O. The Bertz CT molecular complexity index is 502. The zero-order valence-corrected chi connectivity index (χ0v) is 14.8. The van der Waals surface area contributed by atoms with Crippen LogP contribution in [0.15, 0.2) is 60.7 Å². The molecule has 0 N–H and O–H groups in total. The van der Waals surface area contributed by atoms with Crippen LogP contribution in [0.2, 0.25) is 0 Å². The zero-order valence-electron chi connectivity index (χ0n) is 14.8. The van der Waals surface area contributed by atoms with Crippen LogP contribution in [0.25, 0.3) is 0 Å². The van der Waals surface area contributed by atoms with Crippen molar-refractivity contribution in [1.82, 2.24) is 0 Å². The van der Waals surface area contributed by atoms with Crippen molar-refractivity contribution in [3.05, 3.63) is 71.8 Å². The standard InChI is InChI=1S/C17H18O.2C2H6/c1-13(15-9-5-3-6-10-15)14(2)17(18)16-11-7-4-8-12-16;2*1-2/h3-14H,1-2H3;2*1-2H3. The van der Waals surface area contributed by atoms with Crippen LogP contribution in [-0.4, -0.2) is 5.78 Å². The highest BCUT2D eigenvalue weighted by Crippen LogP contribution is 2.26. The van der Waals surface area contributed by atoms with Gasteiger partial charge in [-0.05, 0) is 11.5 Å². The van der Waals surface area contributed by atoms with Crippen molar-refractivity contribution in [1.29, 1.82) is 0 Å². The van der Waals surface area contributed by atoms with E-state index in [9.17, 15) is 4.79 Å². The molecule has 2 aromatic rings. The maximum absolute atomic E-state index is 12.4. The number of hydrogen-bond donors (Lipinski definition) is 0. The first-order valence-corrected chi connectivity index (χ1v) is 8.34. The van der Waals surface area contributed by atoms with Crippen LogP contribution < -0.4 is 0 Å². The summed E-state index contributed by atoms with van der Waals surface area (Å²) in [6.45, 7) is 12.1. The van der Waals surface area contributed by atoms with Gasteiger partial charge in [0.2, 0.25) is 0 Å². The van der Waals surface area contributed by atoms with E-state index in [1.807, 2.05) is 83.1 Å². The molecule has 0 heterocycles. The number of carbonyl (C=O) groups is 1. The highest BCUT2D eigenvalue weighted by atomic mass is 16.1. The second kappa shape index (κ2) is 11.7. The van der Waals surface area contributed by atoms with Gasteiger partial charge in [0, 0.05) is 11.5 Å². The van der Waals surface area contributed by atoms with E-state index in [1.54, 1.807) is 0 Å². The van der Waals surface area contributed by atoms with Crippen LogP contribution in [0.4, 0.5) is 0 Å². The molecule has 1 heteroatoms. The Morgan fingerprint density at radius 3 is 1.59 bits per heavy atom. The predicted molar refractivity (Wildman–Crippen MR) is 97.5 cm³/mol. The smallest absolute Gasteiger partial charge is 0.166 e. The van der Waals surface area contributed by atoms with Crippen molar-refractivity contribution < 1.29 is 4.79 Å². The van der Waals surface area contributed by atoms with E-state index in [0.29, 0.717) is 0 Å². The van der Waals surface area contributed by atoms with E-state index < -0.39 is 0 Å². The fraction of sp³-hybridized carbons (Fsp3) is 0.381. The molecule has 0 aliphatic rings. The molecule has 0 saturated heterocycles. The van der Waals surface area contributed by atoms with E-state index in [4.69, 9.17) is 0 Å². The van der Waals surface area contributed by atoms with E-state index in [2.05, 4.69) is 19.1 Å². The molecule has 0 fully saturated rings. The quantitative estimate of drug-likeness (QED) is 0.600. The van der Waals surface area contributed by atoms with Gasteiger partial charge in [-0.25, -0.2) is 0 Å². The average Bonchev–Trinajstić information content (AvgIpc) is 2.64. The van der Waals surface area contributed by atoms with Gasteiger partial charge in [0.25, 0.3) is 0 Å². The van der Waals surface area contributed by atoms with Crippen molar-refractivity contribution in [3.63, 3.8) is 0 Å². The molecule has 0 saturated carbocycles. The van der Waals surface area contributed by atoms with E-state index in [0.717, 1.165) is 5.56 Å². The lowest BCUT2D eigenvalue weighted by atomic mass is 9.84. The van der Waals surface area contributed by atoms with Crippen LogP contribution in [0, 0.1) is 5.92 Å². The highest BCUT2D eigenvalue weighted by molar-refractivity contribution is 5.98. The lowest BCUT2D eigenvalue weighted by molar-refractivity contribution is 0.0915. The first-order valence-electron chi connectivity index (χ1n) is 8.34. The van der Waals surface area contributed by atoms with Gasteiger partial charge in [-0.1, -0.05) is 102 Å². The zero-order chi connectivity index (χ0) is 17.0. The number of Topliss-reactive ketones (excluding diaryl/α,β-unsaturated/α-hetero) is 1. The summed E-state index contributed by atoms with van der Waals surface area (Å²) in [5.74, 6) is 0.445. The fourth-order valence-corrected chi connectivity index (χ4v) is 2.14. The summed E-state index contributed by atoms with van der Waals surface area (Å²) in [4.78, 5) is 12.4. The Morgan fingerprint density at radius 2 is 1.14 bits per heavy atom. The SMILES string of the molecule is CC.CC.CC(C(=O)c1ccccc1)C(C)c1ccccc1. The number of rotatable bonds is 4. The van der Waals surface area contributed by atoms with Gasteiger partial charge in [-0.15, -0.1) is 0 Å². The van der Waals surface area contributed by atoms with Gasteiger partial charge in [-0.3, -0.25) is 4.79 Å². The summed E-state index contributed by atoms with van der Waals surface area (Å²) >= 11 is 0. The van der Waals surface area contributed by atoms with Crippen LogP contribution in [-0.2, 0) is 0 Å². The predicted octanol–water partition coefficient (Wildman–Crippen LogP) is 6.36. The highest BCUT2D eigenvalue weighted by Gasteiger charge is 2.22. The lowest BCUT2D eigenvalue weighted by Gasteiger charge is -2.19. The van der Waals surface area contributed by atoms with E-state index >= 15 is 0 Å². The van der Waals surface area contributed by atoms with Gasteiger partial charge in [0.15, 0.2) is 5.78 Å². The van der Waals surface area contributed by atoms with Gasteiger partial charge in [-0.2, -0.15) is 0 Å². The topological polar surface area (TPSA) is 17.1 Å². The Balaban J connectivity index is 0.00000102. The van der Waals surface area contributed by atoms with Crippen molar-refractivity contribution in [2.45, 2.75) is 47.5 Å². The fourth-order valence-electron chi connectivity index (χ4n) is 2.14. The number of ketones is 1. The van der Waals surface area contributed by atoms with Crippen molar-refractivity contribution >= 4 is 5.78 Å². The van der Waals surface area contributed by atoms with Crippen LogP contribution in [0.1, 0.15) is 63.4 Å². The molecule has 0 aliphatic carbocycles. The lowest BCUT2D eigenvalue weighted by Crippen LogP contribution is -2.17. The second-order valence-electron chi connectivity index (χ2n) is 4.72. The van der Waals surface area contributed by atoms with Gasteiger partial charge in [0.05, 0.1) is 0 Å². The summed E-state index contributed by atoms with van der Waals surface area (Å²) in [5, 5.41) is 0. The Morgan fingerprint density at radius 1 is 0.727 bits per heavy atom. The van der Waals surface area contributed by atoms with Crippen molar-refractivity contribution in [2.75, 3.05) is 0 Å². The maximum Gasteiger partial charge on any atom is 0.166 e. The summed E-state index contributed by atoms with van der Waals surface area (Å²) < 4.78 is 0. The normalized spacial score (nSPS) is 11.9. The molecule has 0 amide bonds. The second-order valence-corrected chi connectivity index (χ2v) is 4.72. The van der Waals surface area contributed by atoms with Crippen molar-refractivity contribution in [3.8, 4) is 0 Å². The molecule has 0 spiro atoms. The third-order valence-electron chi connectivity index (χ3n) is 3.55. The first-order chi connectivity index (χ1) is 10.7. The minimum Gasteiger partial charge on any atom is -0.294 e. The van der Waals surface area contributed by atoms with Gasteiger partial charge in [0.1, 0.15) is 0 Å². The third kappa shape index (κ3) is 5.85. The van der Waals surface area contributed by atoms with Crippen LogP contribution in [0.3, 0.4) is 0 Å². The van der Waals surface area contributed by atoms with Gasteiger partial charge >= 0.3 is 0 Å². The number of hydrogen-bond acceptors (Lipinski definition) is 1. The van der Waals surface area contributed by atoms with E-state index in [1.165, 1.54) is 5.56 Å². The summed E-state index contributed by atoms with van der Waals surface area (Å²) in [6, 6.07) is 19.7. The summed E-state index contributed by atoms with van der Waals surface area (Å²) in [6.07, 6.45) is 0. The number of carbonyl (C=O) groups excluding carboxylic acids is 1. The average molecular weight is 298 g/mol. The molecule has 1 nitrogen and oxygen atoms in total. The molecule has 0 radical (unpaired) electrons. The first kappa shape index (κ1) is 20.1. The molecule has 2 unspecified atom stereocenters. The number of benzene rings is 2. The molecule has 2 rings (SSSR count).